The molecule has 1 heterocycles. The SMILES string of the molecule is Cc1ccc(C(C)Nc2ccc(N)c(CC#N)c2)o1. The summed E-state index contributed by atoms with van der Waals surface area (Å²) in [4.78, 5) is 0. The molecule has 0 aliphatic carbocycles. The van der Waals surface area contributed by atoms with Crippen molar-refractivity contribution >= 4 is 11.4 Å². The third kappa shape index (κ3) is 3.08. The lowest BCUT2D eigenvalue weighted by Crippen LogP contribution is -2.06. The Morgan fingerprint density at radius 3 is 2.79 bits per heavy atom. The van der Waals surface area contributed by atoms with Crippen LogP contribution in [0.4, 0.5) is 11.4 Å². The normalized spacial score (nSPS) is 11.8. The van der Waals surface area contributed by atoms with Crippen LogP contribution >= 0.6 is 0 Å². The van der Waals surface area contributed by atoms with Gasteiger partial charge in [0.2, 0.25) is 0 Å². The first-order valence-corrected chi connectivity index (χ1v) is 6.18. The summed E-state index contributed by atoms with van der Waals surface area (Å²) in [7, 11) is 0. The Bertz CT molecular complexity index is 610. The molecule has 1 atom stereocenters. The standard InChI is InChI=1S/C15H17N3O/c1-10-3-6-15(19-10)11(2)18-13-4-5-14(17)12(9-13)7-8-16/h3-6,9,11,18H,7,17H2,1-2H3. The Labute approximate surface area is 112 Å². The van der Waals surface area contributed by atoms with Gasteiger partial charge in [0.25, 0.3) is 0 Å². The first-order chi connectivity index (χ1) is 9.10. The maximum atomic E-state index is 8.76. The number of nitrogens with one attached hydrogen (secondary N) is 1. The van der Waals surface area contributed by atoms with Crippen molar-refractivity contribution in [3.8, 4) is 6.07 Å². The second-order valence-electron chi connectivity index (χ2n) is 4.56. The number of anilines is 2. The number of furan rings is 1. The summed E-state index contributed by atoms with van der Waals surface area (Å²) in [6.07, 6.45) is 0.315. The molecule has 2 aromatic rings. The van der Waals surface area contributed by atoms with Crippen LogP contribution < -0.4 is 11.1 Å². The molecule has 0 amide bonds. The van der Waals surface area contributed by atoms with Crippen molar-refractivity contribution in [2.45, 2.75) is 26.3 Å². The highest BCUT2D eigenvalue weighted by Gasteiger charge is 2.10. The van der Waals surface area contributed by atoms with E-state index < -0.39 is 0 Å². The number of aryl methyl sites for hydroxylation is 1. The Hall–Kier alpha value is -2.41. The van der Waals surface area contributed by atoms with Crippen molar-refractivity contribution in [2.24, 2.45) is 0 Å². The molecule has 0 radical (unpaired) electrons. The van der Waals surface area contributed by atoms with Crippen molar-refractivity contribution in [2.75, 3.05) is 11.1 Å². The predicted molar refractivity (Wildman–Crippen MR) is 75.7 cm³/mol. The van der Waals surface area contributed by atoms with Gasteiger partial charge in [-0.15, -0.1) is 0 Å². The molecular formula is C15H17N3O. The minimum Gasteiger partial charge on any atom is -0.464 e. The van der Waals surface area contributed by atoms with Crippen LogP contribution in [0.3, 0.4) is 0 Å². The van der Waals surface area contributed by atoms with E-state index in [1.54, 1.807) is 0 Å². The van der Waals surface area contributed by atoms with E-state index in [0.29, 0.717) is 12.1 Å². The molecule has 4 heteroatoms. The quantitative estimate of drug-likeness (QED) is 0.821. The average molecular weight is 255 g/mol. The third-order valence-corrected chi connectivity index (χ3v) is 2.98. The van der Waals surface area contributed by atoms with Crippen LogP contribution in [0, 0.1) is 18.3 Å². The van der Waals surface area contributed by atoms with Crippen LogP contribution in [0.15, 0.2) is 34.7 Å². The number of nitrogens with zero attached hydrogens (tertiary/aromatic N) is 1. The minimum absolute atomic E-state index is 0.0623. The van der Waals surface area contributed by atoms with E-state index in [2.05, 4.69) is 11.4 Å². The van der Waals surface area contributed by atoms with Crippen LogP contribution in [-0.4, -0.2) is 0 Å². The monoisotopic (exact) mass is 255 g/mol. The van der Waals surface area contributed by atoms with Gasteiger partial charge in [0.1, 0.15) is 11.5 Å². The zero-order valence-corrected chi connectivity index (χ0v) is 11.1. The topological polar surface area (TPSA) is 75.0 Å². The molecule has 1 aromatic carbocycles. The average Bonchev–Trinajstić information content (AvgIpc) is 2.80. The number of nitrogen functional groups attached to an aromatic ring is 1. The fourth-order valence-corrected chi connectivity index (χ4v) is 1.94. The highest BCUT2D eigenvalue weighted by atomic mass is 16.3. The number of nitrogens with two attached hydrogens (primary N) is 1. The fourth-order valence-electron chi connectivity index (χ4n) is 1.94. The molecule has 2 rings (SSSR count). The van der Waals surface area contributed by atoms with Gasteiger partial charge < -0.3 is 15.5 Å². The van der Waals surface area contributed by atoms with Crippen molar-refractivity contribution in [3.05, 3.63) is 47.4 Å². The molecule has 0 bridgehead atoms. The molecule has 0 aliphatic heterocycles. The van der Waals surface area contributed by atoms with E-state index in [-0.39, 0.29) is 6.04 Å². The van der Waals surface area contributed by atoms with Gasteiger partial charge in [-0.2, -0.15) is 5.26 Å². The summed E-state index contributed by atoms with van der Waals surface area (Å²) in [5.41, 5.74) is 8.24. The van der Waals surface area contributed by atoms with Crippen molar-refractivity contribution in [1.82, 2.24) is 0 Å². The van der Waals surface area contributed by atoms with Gasteiger partial charge in [0.15, 0.2) is 0 Å². The summed E-state index contributed by atoms with van der Waals surface area (Å²) in [6, 6.07) is 11.7. The Morgan fingerprint density at radius 1 is 1.37 bits per heavy atom. The molecule has 19 heavy (non-hydrogen) atoms. The molecule has 0 saturated heterocycles. The van der Waals surface area contributed by atoms with Gasteiger partial charge in [-0.1, -0.05) is 0 Å². The van der Waals surface area contributed by atoms with Crippen molar-refractivity contribution < 1.29 is 4.42 Å². The molecule has 0 aliphatic rings. The first kappa shape index (κ1) is 13.0. The number of hydrogen-bond donors (Lipinski definition) is 2. The van der Waals surface area contributed by atoms with E-state index in [9.17, 15) is 0 Å². The summed E-state index contributed by atoms with van der Waals surface area (Å²) < 4.78 is 5.58. The predicted octanol–water partition coefficient (Wildman–Crippen LogP) is 3.41. The number of benzene rings is 1. The Balaban J connectivity index is 2.15. The molecule has 98 valence electrons. The highest BCUT2D eigenvalue weighted by Crippen LogP contribution is 2.24. The summed E-state index contributed by atoms with van der Waals surface area (Å²) >= 11 is 0. The lowest BCUT2D eigenvalue weighted by Gasteiger charge is -2.14. The second kappa shape index (κ2) is 5.49. The molecule has 3 N–H and O–H groups in total. The molecule has 4 nitrogen and oxygen atoms in total. The number of hydrogen-bond acceptors (Lipinski definition) is 4. The zero-order chi connectivity index (χ0) is 13.8. The number of nitriles is 1. The van der Waals surface area contributed by atoms with Gasteiger partial charge in [0, 0.05) is 11.4 Å². The van der Waals surface area contributed by atoms with Gasteiger partial charge in [-0.25, -0.2) is 0 Å². The lowest BCUT2D eigenvalue weighted by molar-refractivity contribution is 0.467. The molecule has 0 spiro atoms. The molecule has 0 saturated carbocycles. The van der Waals surface area contributed by atoms with Crippen LogP contribution in [-0.2, 0) is 6.42 Å². The van der Waals surface area contributed by atoms with Crippen LogP contribution in [0.2, 0.25) is 0 Å². The van der Waals surface area contributed by atoms with E-state index in [0.717, 1.165) is 22.8 Å². The van der Waals surface area contributed by atoms with Crippen molar-refractivity contribution in [3.63, 3.8) is 0 Å². The Morgan fingerprint density at radius 2 is 2.16 bits per heavy atom. The van der Waals surface area contributed by atoms with Gasteiger partial charge in [-0.3, -0.25) is 0 Å². The maximum Gasteiger partial charge on any atom is 0.126 e. The smallest absolute Gasteiger partial charge is 0.126 e. The van der Waals surface area contributed by atoms with Gasteiger partial charge in [-0.05, 0) is 49.7 Å². The van der Waals surface area contributed by atoms with E-state index in [1.165, 1.54) is 0 Å². The minimum atomic E-state index is 0.0623. The first-order valence-electron chi connectivity index (χ1n) is 6.18. The van der Waals surface area contributed by atoms with E-state index in [4.69, 9.17) is 15.4 Å². The van der Waals surface area contributed by atoms with Crippen LogP contribution in [0.1, 0.15) is 30.0 Å². The second-order valence-corrected chi connectivity index (χ2v) is 4.56. The van der Waals surface area contributed by atoms with E-state index >= 15 is 0 Å². The molecular weight excluding hydrogens is 238 g/mol. The van der Waals surface area contributed by atoms with E-state index in [1.807, 2.05) is 44.2 Å². The highest BCUT2D eigenvalue weighted by molar-refractivity contribution is 5.58. The summed E-state index contributed by atoms with van der Waals surface area (Å²) in [5.74, 6) is 1.78. The molecule has 0 fully saturated rings. The van der Waals surface area contributed by atoms with Crippen LogP contribution in [0.5, 0.6) is 0 Å². The lowest BCUT2D eigenvalue weighted by atomic mass is 10.1. The summed E-state index contributed by atoms with van der Waals surface area (Å²) in [5, 5.41) is 12.1. The summed E-state index contributed by atoms with van der Waals surface area (Å²) in [6.45, 7) is 3.95. The van der Waals surface area contributed by atoms with Gasteiger partial charge in [0.05, 0.1) is 18.5 Å². The maximum absolute atomic E-state index is 8.76. The Kier molecular flexibility index (Phi) is 3.76. The van der Waals surface area contributed by atoms with Crippen LogP contribution in [0.25, 0.3) is 0 Å². The largest absolute Gasteiger partial charge is 0.464 e. The van der Waals surface area contributed by atoms with Crippen molar-refractivity contribution in [1.29, 1.82) is 5.26 Å². The molecule has 1 aromatic heterocycles. The number of rotatable bonds is 4. The molecule has 1 unspecified atom stereocenters. The third-order valence-electron chi connectivity index (χ3n) is 2.98. The fraction of sp³-hybridized carbons (Fsp3) is 0.267. The zero-order valence-electron chi connectivity index (χ0n) is 11.1. The van der Waals surface area contributed by atoms with Gasteiger partial charge >= 0.3 is 0 Å².